The second kappa shape index (κ2) is 3.90. The smallest absolute Gasteiger partial charge is 0.0438 e. The zero-order valence-electron chi connectivity index (χ0n) is 9.66. The number of benzene rings is 1. The van der Waals surface area contributed by atoms with Gasteiger partial charge in [-0.15, -0.1) is 12.4 Å². The van der Waals surface area contributed by atoms with Gasteiger partial charge >= 0.3 is 0 Å². The molecule has 0 spiro atoms. The molecule has 1 aromatic rings. The molecule has 2 fully saturated rings. The molecule has 3 heteroatoms. The number of hydrogen-bond donors (Lipinski definition) is 0. The second-order valence-corrected chi connectivity index (χ2v) is 5.63. The molecule has 88 valence electrons. The first-order chi connectivity index (χ1) is 7.12. The maximum atomic E-state index is 6.20. The van der Waals surface area contributed by atoms with Crippen molar-refractivity contribution in [3.05, 3.63) is 34.3 Å². The summed E-state index contributed by atoms with van der Waals surface area (Å²) in [6, 6.07) is 6.59. The predicted molar refractivity (Wildman–Crippen MR) is 70.7 cm³/mol. The molecule has 1 nitrogen and oxygen atoms in total. The lowest BCUT2D eigenvalue weighted by Crippen LogP contribution is -2.22. The lowest BCUT2D eigenvalue weighted by molar-refractivity contribution is 0.363. The van der Waals surface area contributed by atoms with Gasteiger partial charge in [-0.2, -0.15) is 0 Å². The Labute approximate surface area is 108 Å². The van der Waals surface area contributed by atoms with E-state index in [4.69, 9.17) is 11.6 Å². The topological polar surface area (TPSA) is 3.24 Å². The molecule has 1 saturated heterocycles. The number of fused-ring (bicyclic) bond motifs is 1. The van der Waals surface area contributed by atoms with Crippen molar-refractivity contribution in [3.8, 4) is 0 Å². The van der Waals surface area contributed by atoms with Crippen LogP contribution in [0.15, 0.2) is 18.2 Å². The van der Waals surface area contributed by atoms with Crippen molar-refractivity contribution in [1.29, 1.82) is 0 Å². The van der Waals surface area contributed by atoms with Crippen molar-refractivity contribution in [2.45, 2.75) is 18.8 Å². The van der Waals surface area contributed by atoms with Gasteiger partial charge < -0.3 is 4.90 Å². The van der Waals surface area contributed by atoms with Crippen molar-refractivity contribution < 1.29 is 0 Å². The fourth-order valence-electron chi connectivity index (χ4n) is 3.08. The number of halogens is 2. The Morgan fingerprint density at radius 2 is 2.19 bits per heavy atom. The molecule has 2 unspecified atom stereocenters. The fraction of sp³-hybridized carbons (Fsp3) is 0.538. The van der Waals surface area contributed by atoms with E-state index in [-0.39, 0.29) is 12.4 Å². The molecule has 2 aliphatic rings. The van der Waals surface area contributed by atoms with E-state index < -0.39 is 0 Å². The van der Waals surface area contributed by atoms with E-state index in [2.05, 4.69) is 37.1 Å². The number of piperidine rings is 1. The molecule has 16 heavy (non-hydrogen) atoms. The number of aryl methyl sites for hydroxylation is 1. The van der Waals surface area contributed by atoms with Gasteiger partial charge in [0.25, 0.3) is 0 Å². The molecule has 0 N–H and O–H groups in total. The molecule has 3 rings (SSSR count). The monoisotopic (exact) mass is 257 g/mol. The predicted octanol–water partition coefficient (Wildman–Crippen LogP) is 3.27. The summed E-state index contributed by atoms with van der Waals surface area (Å²) in [6.07, 6.45) is 1.36. The van der Waals surface area contributed by atoms with E-state index in [1.165, 1.54) is 30.6 Å². The Kier molecular flexibility index (Phi) is 2.98. The van der Waals surface area contributed by atoms with E-state index in [1.807, 2.05) is 0 Å². The van der Waals surface area contributed by atoms with Crippen LogP contribution < -0.4 is 0 Å². The third-order valence-electron chi connectivity index (χ3n) is 4.06. The highest BCUT2D eigenvalue weighted by Crippen LogP contribution is 2.58. The normalized spacial score (nSPS) is 32.1. The highest BCUT2D eigenvalue weighted by molar-refractivity contribution is 6.31. The van der Waals surface area contributed by atoms with Crippen LogP contribution in [0.3, 0.4) is 0 Å². The van der Waals surface area contributed by atoms with E-state index in [0.717, 1.165) is 10.9 Å². The number of hydrogen-bond acceptors (Lipinski definition) is 1. The van der Waals surface area contributed by atoms with Crippen molar-refractivity contribution in [2.75, 3.05) is 20.1 Å². The third kappa shape index (κ3) is 1.66. The van der Waals surface area contributed by atoms with Crippen LogP contribution in [0.25, 0.3) is 0 Å². The van der Waals surface area contributed by atoms with Crippen molar-refractivity contribution in [2.24, 2.45) is 5.92 Å². The molecule has 0 aromatic heterocycles. The molecule has 0 radical (unpaired) electrons. The van der Waals surface area contributed by atoms with Crippen LogP contribution in [-0.2, 0) is 5.41 Å². The Balaban J connectivity index is 0.000000963. The van der Waals surface area contributed by atoms with Gasteiger partial charge in [-0.05, 0) is 43.5 Å². The molecule has 1 aliphatic carbocycles. The highest BCUT2D eigenvalue weighted by Gasteiger charge is 2.59. The maximum Gasteiger partial charge on any atom is 0.0438 e. The summed E-state index contributed by atoms with van der Waals surface area (Å²) in [7, 11) is 2.21. The summed E-state index contributed by atoms with van der Waals surface area (Å²) >= 11 is 6.20. The molecular formula is C13H17Cl2N. The molecule has 1 saturated carbocycles. The van der Waals surface area contributed by atoms with E-state index in [1.54, 1.807) is 0 Å². The Bertz CT molecular complexity index is 418. The van der Waals surface area contributed by atoms with Gasteiger partial charge in [-0.3, -0.25) is 0 Å². The minimum absolute atomic E-state index is 0. The van der Waals surface area contributed by atoms with Crippen LogP contribution in [0.4, 0.5) is 0 Å². The molecule has 1 aliphatic heterocycles. The summed E-state index contributed by atoms with van der Waals surface area (Å²) in [5.41, 5.74) is 3.08. The average Bonchev–Trinajstić information content (AvgIpc) is 2.75. The SMILES string of the molecule is Cc1ccc(C23CC2CN(C)C3)cc1Cl.Cl. The first kappa shape index (κ1) is 12.2. The molecule has 0 amide bonds. The summed E-state index contributed by atoms with van der Waals surface area (Å²) in [5.74, 6) is 0.876. The van der Waals surface area contributed by atoms with Gasteiger partial charge in [0.05, 0.1) is 0 Å². The van der Waals surface area contributed by atoms with Crippen molar-refractivity contribution in [3.63, 3.8) is 0 Å². The summed E-state index contributed by atoms with van der Waals surface area (Å²) in [4.78, 5) is 2.43. The van der Waals surface area contributed by atoms with Crippen molar-refractivity contribution in [1.82, 2.24) is 4.90 Å². The molecule has 0 bridgehead atoms. The van der Waals surface area contributed by atoms with Gasteiger partial charge in [-0.1, -0.05) is 23.7 Å². The Morgan fingerprint density at radius 3 is 2.75 bits per heavy atom. The van der Waals surface area contributed by atoms with Crippen molar-refractivity contribution >= 4 is 24.0 Å². The quantitative estimate of drug-likeness (QED) is 0.747. The first-order valence-electron chi connectivity index (χ1n) is 5.57. The number of likely N-dealkylation sites (N-methyl/N-ethyl adjacent to an activating group) is 1. The van der Waals surface area contributed by atoms with Crippen LogP contribution in [0.1, 0.15) is 17.5 Å². The van der Waals surface area contributed by atoms with Gasteiger partial charge in [0.15, 0.2) is 0 Å². The minimum Gasteiger partial charge on any atom is -0.305 e. The van der Waals surface area contributed by atoms with Crippen LogP contribution in [0.2, 0.25) is 5.02 Å². The molecular weight excluding hydrogens is 241 g/mol. The summed E-state index contributed by atoms with van der Waals surface area (Å²) in [6.45, 7) is 4.53. The fourth-order valence-corrected chi connectivity index (χ4v) is 3.26. The highest BCUT2D eigenvalue weighted by atomic mass is 35.5. The van der Waals surface area contributed by atoms with Gasteiger partial charge in [0.1, 0.15) is 0 Å². The van der Waals surface area contributed by atoms with Crippen LogP contribution in [-0.4, -0.2) is 25.0 Å². The summed E-state index contributed by atoms with van der Waals surface area (Å²) < 4.78 is 0. The summed E-state index contributed by atoms with van der Waals surface area (Å²) in [5, 5.41) is 0.919. The third-order valence-corrected chi connectivity index (χ3v) is 4.47. The second-order valence-electron chi connectivity index (χ2n) is 5.22. The Morgan fingerprint density at radius 1 is 1.44 bits per heavy atom. The maximum absolute atomic E-state index is 6.20. The zero-order valence-corrected chi connectivity index (χ0v) is 11.2. The standard InChI is InChI=1S/C13H16ClN.ClH/c1-9-3-4-10(5-12(9)14)13-6-11(13)7-15(2)8-13;/h3-5,11H,6-8H2,1-2H3;1H. The van der Waals surface area contributed by atoms with Crippen LogP contribution in [0.5, 0.6) is 0 Å². The van der Waals surface area contributed by atoms with Crippen LogP contribution >= 0.6 is 24.0 Å². The average molecular weight is 258 g/mol. The molecule has 1 heterocycles. The first-order valence-corrected chi connectivity index (χ1v) is 5.95. The number of rotatable bonds is 1. The zero-order chi connectivity index (χ0) is 10.6. The number of nitrogens with zero attached hydrogens (tertiary/aromatic N) is 1. The minimum atomic E-state index is 0. The lowest BCUT2D eigenvalue weighted by atomic mass is 9.94. The van der Waals surface area contributed by atoms with E-state index in [9.17, 15) is 0 Å². The van der Waals surface area contributed by atoms with E-state index >= 15 is 0 Å². The molecule has 2 atom stereocenters. The van der Waals surface area contributed by atoms with Gasteiger partial charge in [-0.25, -0.2) is 0 Å². The van der Waals surface area contributed by atoms with E-state index in [0.29, 0.717) is 5.41 Å². The largest absolute Gasteiger partial charge is 0.305 e. The van der Waals surface area contributed by atoms with Gasteiger partial charge in [0, 0.05) is 23.5 Å². The Hall–Kier alpha value is -0.240. The lowest BCUT2D eigenvalue weighted by Gasteiger charge is -2.17. The number of likely N-dealkylation sites (tertiary alicyclic amines) is 1. The molecule has 1 aromatic carbocycles. The van der Waals surface area contributed by atoms with Gasteiger partial charge in [0.2, 0.25) is 0 Å². The van der Waals surface area contributed by atoms with Crippen LogP contribution in [0, 0.1) is 12.8 Å².